The largest absolute Gasteiger partial charge is 0.360 e. The van der Waals surface area contributed by atoms with E-state index in [-0.39, 0.29) is 11.5 Å². The molecule has 1 saturated carbocycles. The third-order valence-electron chi connectivity index (χ3n) is 5.02. The first-order chi connectivity index (χ1) is 12.5. The topological polar surface area (TPSA) is 73.7 Å². The van der Waals surface area contributed by atoms with Crippen LogP contribution in [0.1, 0.15) is 24.8 Å². The van der Waals surface area contributed by atoms with Gasteiger partial charge in [-0.2, -0.15) is 0 Å². The van der Waals surface area contributed by atoms with Gasteiger partial charge in [-0.15, -0.1) is 4.98 Å². The van der Waals surface area contributed by atoms with Crippen LogP contribution < -0.4 is 15.4 Å². The first-order valence-electron chi connectivity index (χ1n) is 8.19. The summed E-state index contributed by atoms with van der Waals surface area (Å²) in [4.78, 5) is 38.1. The summed E-state index contributed by atoms with van der Waals surface area (Å²) < 4.78 is 0. The van der Waals surface area contributed by atoms with Crippen LogP contribution >= 0.6 is 12.2 Å². The van der Waals surface area contributed by atoms with Crippen LogP contribution in [0.4, 0.5) is 17.2 Å². The summed E-state index contributed by atoms with van der Waals surface area (Å²) in [6, 6.07) is 4.86. The molecule has 0 unspecified atom stereocenters. The molecule has 0 radical (unpaired) electrons. The zero-order chi connectivity index (χ0) is 18.5. The number of hydrogen-bond donors (Lipinski definition) is 1. The molecule has 0 atom stereocenters. The maximum absolute atomic E-state index is 13.3. The fraction of sp³-hybridized carbons (Fsp3) is 0.278. The fourth-order valence-electron chi connectivity index (χ4n) is 3.54. The molecule has 2 aromatic rings. The molecule has 3 heterocycles. The number of H-pyrrole nitrogens is 1. The summed E-state index contributed by atoms with van der Waals surface area (Å²) in [6.45, 7) is 8.91. The van der Waals surface area contributed by atoms with Crippen molar-refractivity contribution >= 4 is 40.4 Å². The van der Waals surface area contributed by atoms with Crippen LogP contribution in [0.25, 0.3) is 4.85 Å². The van der Waals surface area contributed by atoms with Crippen molar-refractivity contribution in [3.63, 3.8) is 0 Å². The highest BCUT2D eigenvalue weighted by Crippen LogP contribution is 2.47. The van der Waals surface area contributed by atoms with E-state index in [2.05, 4.69) is 14.8 Å². The van der Waals surface area contributed by atoms with E-state index in [1.165, 1.54) is 17.2 Å². The number of aromatic nitrogens is 2. The Hall–Kier alpha value is -3.05. The second kappa shape index (κ2) is 5.75. The van der Waals surface area contributed by atoms with Gasteiger partial charge >= 0.3 is 0 Å². The van der Waals surface area contributed by atoms with E-state index in [9.17, 15) is 9.59 Å². The molecule has 26 heavy (non-hydrogen) atoms. The molecule has 2 aliphatic rings. The highest BCUT2D eigenvalue weighted by molar-refractivity contribution is 7.81. The molecule has 4 rings (SSSR count). The smallest absolute Gasteiger partial charge is 0.272 e. The monoisotopic (exact) mass is 365 g/mol. The van der Waals surface area contributed by atoms with Crippen molar-refractivity contribution in [2.75, 3.05) is 9.80 Å². The summed E-state index contributed by atoms with van der Waals surface area (Å²) >= 11 is 5.64. The fourth-order valence-corrected chi connectivity index (χ4v) is 4.01. The highest BCUT2D eigenvalue weighted by atomic mass is 32.1. The van der Waals surface area contributed by atoms with Gasteiger partial charge in [-0.25, -0.2) is 0 Å². The van der Waals surface area contributed by atoms with Crippen molar-refractivity contribution in [3.05, 3.63) is 57.9 Å². The van der Waals surface area contributed by atoms with Crippen molar-refractivity contribution in [2.45, 2.75) is 31.7 Å². The zero-order valence-corrected chi connectivity index (χ0v) is 14.8. The van der Waals surface area contributed by atoms with Crippen LogP contribution in [0.5, 0.6) is 0 Å². The van der Waals surface area contributed by atoms with Gasteiger partial charge in [-0.3, -0.25) is 14.5 Å². The molecular weight excluding hydrogens is 350 g/mol. The summed E-state index contributed by atoms with van der Waals surface area (Å²) in [5.41, 5.74) is 1.02. The number of pyridine rings is 2. The molecule has 8 heteroatoms. The lowest BCUT2D eigenvalue weighted by molar-refractivity contribution is -0.123. The van der Waals surface area contributed by atoms with Crippen LogP contribution in [0.15, 0.2) is 35.4 Å². The van der Waals surface area contributed by atoms with Gasteiger partial charge in [0, 0.05) is 12.3 Å². The lowest BCUT2D eigenvalue weighted by Gasteiger charge is -2.42. The van der Waals surface area contributed by atoms with Gasteiger partial charge in [-0.05, 0) is 56.1 Å². The Morgan fingerprint density at radius 2 is 2.08 bits per heavy atom. The van der Waals surface area contributed by atoms with Crippen molar-refractivity contribution in [1.29, 1.82) is 0 Å². The molecule has 1 aliphatic heterocycles. The molecule has 1 spiro atoms. The van der Waals surface area contributed by atoms with Crippen LogP contribution in [0.2, 0.25) is 0 Å². The summed E-state index contributed by atoms with van der Waals surface area (Å²) in [5, 5.41) is 0.360. The van der Waals surface area contributed by atoms with Crippen LogP contribution in [-0.2, 0) is 4.79 Å². The van der Waals surface area contributed by atoms with Crippen molar-refractivity contribution in [3.8, 4) is 0 Å². The zero-order valence-electron chi connectivity index (χ0n) is 14.0. The van der Waals surface area contributed by atoms with Gasteiger partial charge in [0.1, 0.15) is 11.7 Å². The number of aromatic amines is 1. The van der Waals surface area contributed by atoms with Gasteiger partial charge < -0.3 is 14.7 Å². The molecule has 2 aromatic heterocycles. The normalized spacial score (nSPS) is 18.2. The minimum absolute atomic E-state index is 0.0864. The number of carbonyl (C=O) groups excluding carboxylic acids is 1. The average Bonchev–Trinajstić information content (AvgIpc) is 2.83. The van der Waals surface area contributed by atoms with E-state index in [4.69, 9.17) is 18.8 Å². The van der Waals surface area contributed by atoms with E-state index < -0.39 is 5.54 Å². The predicted molar refractivity (Wildman–Crippen MR) is 101 cm³/mol. The molecule has 130 valence electrons. The van der Waals surface area contributed by atoms with Crippen LogP contribution in [0, 0.1) is 13.5 Å². The van der Waals surface area contributed by atoms with Crippen molar-refractivity contribution in [2.24, 2.45) is 0 Å². The average molecular weight is 365 g/mol. The SMILES string of the molecule is [C-]#[N+]c1ncc(N2C(=O)C3(CCC3)N(c3ccc(=O)[nH]c3)C2=S)cc1C. The molecule has 1 saturated heterocycles. The Balaban J connectivity index is 1.81. The van der Waals surface area contributed by atoms with Gasteiger partial charge in [0.15, 0.2) is 5.11 Å². The van der Waals surface area contributed by atoms with E-state index >= 15 is 0 Å². The second-order valence-corrected chi connectivity index (χ2v) is 6.87. The third-order valence-corrected chi connectivity index (χ3v) is 5.38. The first-order valence-corrected chi connectivity index (χ1v) is 8.60. The third kappa shape index (κ3) is 2.17. The molecule has 7 nitrogen and oxygen atoms in total. The van der Waals surface area contributed by atoms with Gasteiger partial charge in [0.25, 0.3) is 11.7 Å². The molecule has 1 N–H and O–H groups in total. The molecular formula is C18H15N5O2S. The Kier molecular flexibility index (Phi) is 3.63. The van der Waals surface area contributed by atoms with Crippen LogP contribution in [-0.4, -0.2) is 26.5 Å². The number of nitrogens with one attached hydrogen (secondary N) is 1. The molecule has 1 amide bonds. The molecule has 0 aromatic carbocycles. The maximum atomic E-state index is 13.3. The summed E-state index contributed by atoms with van der Waals surface area (Å²) in [6.07, 6.45) is 5.43. The van der Waals surface area contributed by atoms with Crippen molar-refractivity contribution in [1.82, 2.24) is 9.97 Å². The Morgan fingerprint density at radius 3 is 2.62 bits per heavy atom. The molecule has 2 fully saturated rings. The lowest BCUT2D eigenvalue weighted by Crippen LogP contribution is -2.55. The number of aryl methyl sites for hydroxylation is 1. The van der Waals surface area contributed by atoms with Crippen LogP contribution in [0.3, 0.4) is 0 Å². The number of thiocarbonyl (C=S) groups is 1. The van der Waals surface area contributed by atoms with Gasteiger partial charge in [-0.1, -0.05) is 6.57 Å². The summed E-state index contributed by atoms with van der Waals surface area (Å²) in [5.74, 6) is 0.221. The standard InChI is InChI=1S/C18H15N5O2S/c1-11-8-13(10-21-15(11)19-2)22-16(25)18(6-3-7-18)23(17(22)26)12-4-5-14(24)20-9-12/h4-5,8-10H,3,6-7H2,1H3,(H,20,24). The predicted octanol–water partition coefficient (Wildman–Crippen LogP) is 2.69. The minimum Gasteiger partial charge on any atom is -0.360 e. The second-order valence-electron chi connectivity index (χ2n) is 6.50. The summed E-state index contributed by atoms with van der Waals surface area (Å²) in [7, 11) is 0. The van der Waals surface area contributed by atoms with Crippen molar-refractivity contribution < 1.29 is 4.79 Å². The molecule has 1 aliphatic carbocycles. The Labute approximate surface area is 155 Å². The number of rotatable bonds is 2. The maximum Gasteiger partial charge on any atom is 0.272 e. The van der Waals surface area contributed by atoms with E-state index in [1.807, 2.05) is 4.90 Å². The quantitative estimate of drug-likeness (QED) is 0.654. The lowest BCUT2D eigenvalue weighted by atomic mass is 9.75. The number of hydrogen-bond acceptors (Lipinski definition) is 4. The Bertz CT molecular complexity index is 1010. The van der Waals surface area contributed by atoms with E-state index in [0.29, 0.717) is 40.7 Å². The number of nitrogens with zero attached hydrogens (tertiary/aromatic N) is 4. The van der Waals surface area contributed by atoms with Gasteiger partial charge in [0.05, 0.1) is 11.4 Å². The minimum atomic E-state index is -0.707. The van der Waals surface area contributed by atoms with E-state index in [0.717, 1.165) is 6.42 Å². The van der Waals surface area contributed by atoms with E-state index in [1.54, 1.807) is 25.3 Å². The number of amides is 1. The Morgan fingerprint density at radius 1 is 1.31 bits per heavy atom. The van der Waals surface area contributed by atoms with Gasteiger partial charge in [0.2, 0.25) is 5.56 Å². The first kappa shape index (κ1) is 16.4. The molecule has 0 bridgehead atoms. The number of anilines is 2. The highest BCUT2D eigenvalue weighted by Gasteiger charge is 2.59. The number of carbonyl (C=O) groups is 1.